The highest BCUT2D eigenvalue weighted by Gasteiger charge is 2.08. The summed E-state index contributed by atoms with van der Waals surface area (Å²) in [5, 5.41) is 10.3. The molecule has 0 aromatic carbocycles. The number of nitrogens with one attached hydrogen (secondary N) is 2. The van der Waals surface area contributed by atoms with Gasteiger partial charge in [-0.05, 0) is 13.3 Å². The van der Waals surface area contributed by atoms with Gasteiger partial charge in [-0.15, -0.1) is 0 Å². The summed E-state index contributed by atoms with van der Waals surface area (Å²) in [5.74, 6) is 0.769. The zero-order valence-corrected chi connectivity index (χ0v) is 9.45. The van der Waals surface area contributed by atoms with Crippen LogP contribution in [-0.4, -0.2) is 40.4 Å². The van der Waals surface area contributed by atoms with E-state index in [2.05, 4.69) is 25.5 Å². The summed E-state index contributed by atoms with van der Waals surface area (Å²) in [7, 11) is 1.69. The third kappa shape index (κ3) is 2.11. The molecular weight excluding hydrogens is 206 g/mol. The first-order valence-corrected chi connectivity index (χ1v) is 5.21. The molecule has 0 aliphatic carbocycles. The number of fused-ring (bicyclic) bond motifs is 1. The van der Waals surface area contributed by atoms with Gasteiger partial charge < -0.3 is 10.1 Å². The molecule has 2 aromatic heterocycles. The lowest BCUT2D eigenvalue weighted by atomic mass is 10.3. The number of H-pyrrole nitrogens is 1. The molecule has 0 fully saturated rings. The van der Waals surface area contributed by atoms with Gasteiger partial charge in [0, 0.05) is 20.3 Å². The quantitative estimate of drug-likeness (QED) is 0.740. The van der Waals surface area contributed by atoms with E-state index in [4.69, 9.17) is 4.74 Å². The van der Waals surface area contributed by atoms with Gasteiger partial charge >= 0.3 is 0 Å². The molecule has 0 amide bonds. The van der Waals surface area contributed by atoms with Crippen LogP contribution in [0.25, 0.3) is 11.0 Å². The van der Waals surface area contributed by atoms with Gasteiger partial charge in [-0.2, -0.15) is 5.10 Å². The largest absolute Gasteiger partial charge is 0.385 e. The van der Waals surface area contributed by atoms with Gasteiger partial charge in [0.2, 0.25) is 0 Å². The average molecular weight is 221 g/mol. The summed E-state index contributed by atoms with van der Waals surface area (Å²) in [4.78, 5) is 8.35. The minimum atomic E-state index is 0.737. The molecule has 2 rings (SSSR count). The molecule has 6 nitrogen and oxygen atoms in total. The van der Waals surface area contributed by atoms with Crippen molar-refractivity contribution in [1.82, 2.24) is 20.2 Å². The molecular formula is C10H15N5O. The number of nitrogens with zero attached hydrogens (tertiary/aromatic N) is 3. The topological polar surface area (TPSA) is 75.7 Å². The van der Waals surface area contributed by atoms with Crippen LogP contribution in [0.4, 0.5) is 5.82 Å². The molecule has 0 spiro atoms. The molecule has 0 bridgehead atoms. The number of hydrogen-bond donors (Lipinski definition) is 2. The lowest BCUT2D eigenvalue weighted by Crippen LogP contribution is -2.06. The Morgan fingerprint density at radius 2 is 2.25 bits per heavy atom. The molecule has 0 radical (unpaired) electrons. The molecule has 86 valence electrons. The lowest BCUT2D eigenvalue weighted by Gasteiger charge is -2.04. The van der Waals surface area contributed by atoms with E-state index in [0.717, 1.165) is 42.1 Å². The summed E-state index contributed by atoms with van der Waals surface area (Å²) in [6.07, 6.45) is 2.48. The van der Waals surface area contributed by atoms with Crippen molar-refractivity contribution < 1.29 is 4.74 Å². The second-order valence-corrected chi connectivity index (χ2v) is 3.54. The second-order valence-electron chi connectivity index (χ2n) is 3.54. The maximum atomic E-state index is 4.98. The molecule has 2 N–H and O–H groups in total. The maximum Gasteiger partial charge on any atom is 0.157 e. The Balaban J connectivity index is 2.11. The summed E-state index contributed by atoms with van der Waals surface area (Å²) < 4.78 is 4.98. The Labute approximate surface area is 93.4 Å². The SMILES string of the molecule is COCCCNc1ncnc2c(C)[nH]nc12. The smallest absolute Gasteiger partial charge is 0.157 e. The fourth-order valence-corrected chi connectivity index (χ4v) is 1.50. The molecule has 2 heterocycles. The number of aromatic nitrogens is 4. The number of ether oxygens (including phenoxy) is 1. The molecule has 2 aromatic rings. The van der Waals surface area contributed by atoms with Crippen molar-refractivity contribution in [3.05, 3.63) is 12.0 Å². The van der Waals surface area contributed by atoms with E-state index < -0.39 is 0 Å². The van der Waals surface area contributed by atoms with E-state index in [9.17, 15) is 0 Å². The van der Waals surface area contributed by atoms with Crippen molar-refractivity contribution in [2.45, 2.75) is 13.3 Å². The van der Waals surface area contributed by atoms with Gasteiger partial charge in [0.25, 0.3) is 0 Å². The molecule has 0 saturated heterocycles. The van der Waals surface area contributed by atoms with Gasteiger partial charge in [0.05, 0.1) is 5.69 Å². The Bertz CT molecular complexity index is 467. The van der Waals surface area contributed by atoms with E-state index in [1.807, 2.05) is 6.92 Å². The summed E-state index contributed by atoms with van der Waals surface area (Å²) in [6.45, 7) is 3.49. The van der Waals surface area contributed by atoms with Crippen molar-refractivity contribution in [2.75, 3.05) is 25.6 Å². The van der Waals surface area contributed by atoms with E-state index in [1.165, 1.54) is 0 Å². The fourth-order valence-electron chi connectivity index (χ4n) is 1.50. The predicted molar refractivity (Wildman–Crippen MR) is 61.4 cm³/mol. The van der Waals surface area contributed by atoms with Gasteiger partial charge in [-0.3, -0.25) is 5.10 Å². The van der Waals surface area contributed by atoms with E-state index in [1.54, 1.807) is 13.4 Å². The van der Waals surface area contributed by atoms with Crippen molar-refractivity contribution in [3.63, 3.8) is 0 Å². The summed E-state index contributed by atoms with van der Waals surface area (Å²) in [6, 6.07) is 0. The minimum Gasteiger partial charge on any atom is -0.385 e. The number of rotatable bonds is 5. The van der Waals surface area contributed by atoms with Gasteiger partial charge in [0.1, 0.15) is 11.8 Å². The van der Waals surface area contributed by atoms with Gasteiger partial charge in [0.15, 0.2) is 11.3 Å². The van der Waals surface area contributed by atoms with E-state index in [0.29, 0.717) is 0 Å². The predicted octanol–water partition coefficient (Wildman–Crippen LogP) is 1.11. The third-order valence-electron chi connectivity index (χ3n) is 2.33. The first kappa shape index (κ1) is 10.8. The Kier molecular flexibility index (Phi) is 3.31. The van der Waals surface area contributed by atoms with Gasteiger partial charge in [-0.25, -0.2) is 9.97 Å². The third-order valence-corrected chi connectivity index (χ3v) is 2.33. The number of aromatic amines is 1. The first-order chi connectivity index (χ1) is 7.83. The van der Waals surface area contributed by atoms with Crippen LogP contribution in [0.2, 0.25) is 0 Å². The van der Waals surface area contributed by atoms with Crippen LogP contribution in [0.3, 0.4) is 0 Å². The zero-order chi connectivity index (χ0) is 11.4. The van der Waals surface area contributed by atoms with Crippen LogP contribution in [0.1, 0.15) is 12.1 Å². The monoisotopic (exact) mass is 221 g/mol. The summed E-state index contributed by atoms with van der Waals surface area (Å²) >= 11 is 0. The van der Waals surface area contributed by atoms with Crippen LogP contribution < -0.4 is 5.32 Å². The number of aryl methyl sites for hydroxylation is 1. The molecule has 0 atom stereocenters. The second kappa shape index (κ2) is 4.89. The highest BCUT2D eigenvalue weighted by molar-refractivity contribution is 5.86. The lowest BCUT2D eigenvalue weighted by molar-refractivity contribution is 0.198. The number of anilines is 1. The average Bonchev–Trinajstić information content (AvgIpc) is 2.68. The Morgan fingerprint density at radius 3 is 3.06 bits per heavy atom. The Hall–Kier alpha value is -1.69. The van der Waals surface area contributed by atoms with Crippen LogP contribution in [0.15, 0.2) is 6.33 Å². The highest BCUT2D eigenvalue weighted by atomic mass is 16.5. The molecule has 0 aliphatic rings. The van der Waals surface area contributed by atoms with E-state index >= 15 is 0 Å². The van der Waals surface area contributed by atoms with Gasteiger partial charge in [-0.1, -0.05) is 0 Å². The molecule has 0 unspecified atom stereocenters. The van der Waals surface area contributed by atoms with E-state index in [-0.39, 0.29) is 0 Å². The fraction of sp³-hybridized carbons (Fsp3) is 0.500. The first-order valence-electron chi connectivity index (χ1n) is 5.21. The molecule has 0 saturated carbocycles. The maximum absolute atomic E-state index is 4.98. The van der Waals surface area contributed by atoms with Crippen LogP contribution in [0, 0.1) is 6.92 Å². The number of hydrogen-bond acceptors (Lipinski definition) is 5. The normalized spacial score (nSPS) is 10.9. The van der Waals surface area contributed by atoms with Crippen LogP contribution in [0.5, 0.6) is 0 Å². The summed E-state index contributed by atoms with van der Waals surface area (Å²) in [5.41, 5.74) is 2.61. The Morgan fingerprint density at radius 1 is 1.38 bits per heavy atom. The molecule has 0 aliphatic heterocycles. The van der Waals surface area contributed by atoms with Crippen LogP contribution >= 0.6 is 0 Å². The van der Waals surface area contributed by atoms with Crippen LogP contribution in [-0.2, 0) is 4.74 Å². The van der Waals surface area contributed by atoms with Crippen molar-refractivity contribution >= 4 is 16.9 Å². The van der Waals surface area contributed by atoms with Crippen molar-refractivity contribution in [1.29, 1.82) is 0 Å². The zero-order valence-electron chi connectivity index (χ0n) is 9.45. The molecule has 6 heteroatoms. The van der Waals surface area contributed by atoms with Crippen molar-refractivity contribution in [2.24, 2.45) is 0 Å². The number of methoxy groups -OCH3 is 1. The standard InChI is InChI=1S/C10H15N5O/c1-7-8-9(15-14-7)10(13-6-12-8)11-4-3-5-16-2/h6H,3-5H2,1-2H3,(H,14,15)(H,11,12,13). The van der Waals surface area contributed by atoms with Crippen molar-refractivity contribution in [3.8, 4) is 0 Å². The minimum absolute atomic E-state index is 0.737. The molecule has 16 heavy (non-hydrogen) atoms. The highest BCUT2D eigenvalue weighted by Crippen LogP contribution is 2.18.